The lowest BCUT2D eigenvalue weighted by molar-refractivity contribution is 0.103. The zero-order valence-corrected chi connectivity index (χ0v) is 10.5. The van der Waals surface area contributed by atoms with Crippen molar-refractivity contribution < 1.29 is 4.79 Å². The second-order valence-corrected chi connectivity index (χ2v) is 4.57. The summed E-state index contributed by atoms with van der Waals surface area (Å²) < 4.78 is 0.980. The van der Waals surface area contributed by atoms with Crippen molar-refractivity contribution in [3.8, 4) is 0 Å². The van der Waals surface area contributed by atoms with E-state index in [1.54, 1.807) is 0 Å². The predicted octanol–water partition coefficient (Wildman–Crippen LogP) is 3.99. The van der Waals surface area contributed by atoms with E-state index in [9.17, 15) is 4.79 Å². The summed E-state index contributed by atoms with van der Waals surface area (Å²) in [4.78, 5) is 12.2. The minimum absolute atomic E-state index is 0.0746. The lowest BCUT2D eigenvalue weighted by Gasteiger charge is -2.04. The summed E-state index contributed by atoms with van der Waals surface area (Å²) in [7, 11) is 0. The summed E-state index contributed by atoms with van der Waals surface area (Å²) in [5.41, 5.74) is 2.50. The lowest BCUT2D eigenvalue weighted by atomic mass is 9.99. The van der Waals surface area contributed by atoms with E-state index < -0.39 is 0 Å². The standard InChI is InChI=1S/C14H11BrO/c1-10-4-2-3-5-13(10)14(16)11-6-8-12(15)9-7-11/h2-9H,1H3. The first-order chi connectivity index (χ1) is 7.68. The number of ketones is 1. The van der Waals surface area contributed by atoms with Crippen molar-refractivity contribution in [2.45, 2.75) is 6.92 Å². The van der Waals surface area contributed by atoms with Crippen molar-refractivity contribution in [1.82, 2.24) is 0 Å². The number of carbonyl (C=O) groups is 1. The first-order valence-corrected chi connectivity index (χ1v) is 5.83. The summed E-state index contributed by atoms with van der Waals surface area (Å²) in [5.74, 6) is 0.0746. The second-order valence-electron chi connectivity index (χ2n) is 3.65. The molecule has 0 unspecified atom stereocenters. The number of carbonyl (C=O) groups excluding carboxylic acids is 1. The van der Waals surface area contributed by atoms with Gasteiger partial charge in [0.05, 0.1) is 0 Å². The third-order valence-electron chi connectivity index (χ3n) is 2.50. The predicted molar refractivity (Wildman–Crippen MR) is 68.8 cm³/mol. The van der Waals surface area contributed by atoms with Gasteiger partial charge in [0.15, 0.2) is 5.78 Å². The van der Waals surface area contributed by atoms with Gasteiger partial charge in [0.1, 0.15) is 0 Å². The summed E-state index contributed by atoms with van der Waals surface area (Å²) in [6.07, 6.45) is 0. The lowest BCUT2D eigenvalue weighted by Crippen LogP contribution is -2.02. The molecule has 0 saturated carbocycles. The van der Waals surface area contributed by atoms with Gasteiger partial charge in [-0.2, -0.15) is 0 Å². The van der Waals surface area contributed by atoms with Crippen LogP contribution in [0.5, 0.6) is 0 Å². The summed E-state index contributed by atoms with van der Waals surface area (Å²) in [6, 6.07) is 15.1. The van der Waals surface area contributed by atoms with Crippen molar-refractivity contribution in [2.24, 2.45) is 0 Å². The van der Waals surface area contributed by atoms with Crippen LogP contribution in [-0.4, -0.2) is 5.78 Å². The molecule has 16 heavy (non-hydrogen) atoms. The number of halogens is 1. The van der Waals surface area contributed by atoms with Crippen molar-refractivity contribution in [3.63, 3.8) is 0 Å². The van der Waals surface area contributed by atoms with Gasteiger partial charge in [-0.3, -0.25) is 4.79 Å². The molecule has 2 aromatic rings. The Morgan fingerprint density at radius 1 is 1.00 bits per heavy atom. The molecule has 0 aliphatic rings. The highest BCUT2D eigenvalue weighted by molar-refractivity contribution is 9.10. The molecule has 0 aromatic heterocycles. The second kappa shape index (κ2) is 4.62. The van der Waals surface area contributed by atoms with Crippen molar-refractivity contribution >= 4 is 21.7 Å². The quantitative estimate of drug-likeness (QED) is 0.757. The van der Waals surface area contributed by atoms with Gasteiger partial charge in [0.2, 0.25) is 0 Å². The van der Waals surface area contributed by atoms with Crippen LogP contribution in [-0.2, 0) is 0 Å². The molecule has 0 fully saturated rings. The smallest absolute Gasteiger partial charge is 0.193 e. The van der Waals surface area contributed by atoms with E-state index in [2.05, 4.69) is 15.9 Å². The first kappa shape index (κ1) is 11.1. The molecule has 0 N–H and O–H groups in total. The topological polar surface area (TPSA) is 17.1 Å². The fraction of sp³-hybridized carbons (Fsp3) is 0.0714. The van der Waals surface area contributed by atoms with E-state index in [1.165, 1.54) is 0 Å². The molecule has 2 heteroatoms. The molecule has 0 saturated heterocycles. The molecule has 0 radical (unpaired) electrons. The molecule has 0 atom stereocenters. The number of aryl methyl sites for hydroxylation is 1. The van der Waals surface area contributed by atoms with Crippen molar-refractivity contribution in [3.05, 3.63) is 69.7 Å². The van der Waals surface area contributed by atoms with Gasteiger partial charge >= 0.3 is 0 Å². The molecule has 0 aliphatic carbocycles. The molecule has 0 aliphatic heterocycles. The van der Waals surface area contributed by atoms with Crippen LogP contribution in [0, 0.1) is 6.92 Å². The highest BCUT2D eigenvalue weighted by Gasteiger charge is 2.10. The third-order valence-corrected chi connectivity index (χ3v) is 3.02. The number of hydrogen-bond donors (Lipinski definition) is 0. The molecule has 1 nitrogen and oxygen atoms in total. The van der Waals surface area contributed by atoms with Crippen LogP contribution in [0.4, 0.5) is 0 Å². The average Bonchev–Trinajstić information content (AvgIpc) is 2.30. The Kier molecular flexibility index (Phi) is 3.20. The Labute approximate surface area is 103 Å². The van der Waals surface area contributed by atoms with Gasteiger partial charge in [-0.15, -0.1) is 0 Å². The SMILES string of the molecule is Cc1ccccc1C(=O)c1ccc(Br)cc1. The van der Waals surface area contributed by atoms with Crippen LogP contribution in [0.25, 0.3) is 0 Å². The molecule has 2 rings (SSSR count). The Morgan fingerprint density at radius 2 is 1.62 bits per heavy atom. The highest BCUT2D eigenvalue weighted by Crippen LogP contribution is 2.16. The Hall–Kier alpha value is -1.41. The third kappa shape index (κ3) is 2.22. The summed E-state index contributed by atoms with van der Waals surface area (Å²) in [5, 5.41) is 0. The minimum Gasteiger partial charge on any atom is -0.289 e. The van der Waals surface area contributed by atoms with Crippen LogP contribution in [0.2, 0.25) is 0 Å². The maximum atomic E-state index is 12.2. The van der Waals surface area contributed by atoms with Crippen molar-refractivity contribution in [2.75, 3.05) is 0 Å². The van der Waals surface area contributed by atoms with Crippen LogP contribution in [0.1, 0.15) is 21.5 Å². The van der Waals surface area contributed by atoms with E-state index in [1.807, 2.05) is 55.5 Å². The maximum absolute atomic E-state index is 12.2. The molecule has 80 valence electrons. The first-order valence-electron chi connectivity index (χ1n) is 5.04. The van der Waals surface area contributed by atoms with Gasteiger partial charge in [-0.25, -0.2) is 0 Å². The number of benzene rings is 2. The summed E-state index contributed by atoms with van der Waals surface area (Å²) in [6.45, 7) is 1.95. The molecular formula is C14H11BrO. The van der Waals surface area contributed by atoms with Gasteiger partial charge in [0, 0.05) is 15.6 Å². The molecule has 0 bridgehead atoms. The molecule has 0 heterocycles. The monoisotopic (exact) mass is 274 g/mol. The van der Waals surface area contributed by atoms with Crippen LogP contribution < -0.4 is 0 Å². The minimum atomic E-state index is 0.0746. The normalized spacial score (nSPS) is 10.1. The molecular weight excluding hydrogens is 264 g/mol. The maximum Gasteiger partial charge on any atom is 0.193 e. The van der Waals surface area contributed by atoms with Crippen molar-refractivity contribution in [1.29, 1.82) is 0 Å². The largest absolute Gasteiger partial charge is 0.289 e. The molecule has 0 amide bonds. The zero-order valence-electron chi connectivity index (χ0n) is 8.91. The van der Waals surface area contributed by atoms with Crippen LogP contribution in [0.3, 0.4) is 0 Å². The fourth-order valence-corrected chi connectivity index (χ4v) is 1.85. The van der Waals surface area contributed by atoms with Gasteiger partial charge in [-0.1, -0.05) is 40.2 Å². The Balaban J connectivity index is 2.40. The summed E-state index contributed by atoms with van der Waals surface area (Å²) >= 11 is 3.35. The van der Waals surface area contributed by atoms with E-state index in [0.29, 0.717) is 0 Å². The number of hydrogen-bond acceptors (Lipinski definition) is 1. The zero-order chi connectivity index (χ0) is 11.5. The van der Waals surface area contributed by atoms with Gasteiger partial charge < -0.3 is 0 Å². The van der Waals surface area contributed by atoms with E-state index >= 15 is 0 Å². The average molecular weight is 275 g/mol. The Morgan fingerprint density at radius 3 is 2.25 bits per heavy atom. The Bertz CT molecular complexity index is 515. The van der Waals surface area contributed by atoms with Gasteiger partial charge in [-0.05, 0) is 36.8 Å². The van der Waals surface area contributed by atoms with E-state index in [4.69, 9.17) is 0 Å². The van der Waals surface area contributed by atoms with Gasteiger partial charge in [0.25, 0.3) is 0 Å². The van der Waals surface area contributed by atoms with Crippen LogP contribution in [0.15, 0.2) is 53.0 Å². The number of rotatable bonds is 2. The molecule has 2 aromatic carbocycles. The van der Waals surface area contributed by atoms with E-state index in [-0.39, 0.29) is 5.78 Å². The van der Waals surface area contributed by atoms with E-state index in [0.717, 1.165) is 21.2 Å². The highest BCUT2D eigenvalue weighted by atomic mass is 79.9. The molecule has 0 spiro atoms. The fourth-order valence-electron chi connectivity index (χ4n) is 1.58. The van der Waals surface area contributed by atoms with Crippen LogP contribution >= 0.6 is 15.9 Å².